The number of pyridine rings is 4. The van der Waals surface area contributed by atoms with Crippen molar-refractivity contribution in [2.24, 2.45) is 0 Å². The van der Waals surface area contributed by atoms with Crippen LogP contribution in [0.1, 0.15) is 52.8 Å². The quantitative estimate of drug-likeness (QED) is 0.107. The van der Waals surface area contributed by atoms with Crippen LogP contribution in [0.5, 0.6) is 0 Å². The Kier molecular flexibility index (Phi) is 17.6. The van der Waals surface area contributed by atoms with Crippen LogP contribution in [0.15, 0.2) is 134 Å². The second-order valence-corrected chi connectivity index (χ2v) is 11.4. The van der Waals surface area contributed by atoms with Gasteiger partial charge in [0.25, 0.3) is 11.1 Å². The lowest BCUT2D eigenvalue weighted by atomic mass is 10.2. The fourth-order valence-electron chi connectivity index (χ4n) is 4.53. The monoisotopic (exact) mass is 802 g/mol. The molecule has 0 spiro atoms. The van der Waals surface area contributed by atoms with Gasteiger partial charge < -0.3 is 19.7 Å². The van der Waals surface area contributed by atoms with Crippen molar-refractivity contribution in [3.05, 3.63) is 180 Å². The Morgan fingerprint density at radius 2 is 1.21 bits per heavy atom. The summed E-state index contributed by atoms with van der Waals surface area (Å²) in [5.41, 5.74) is 3.85. The van der Waals surface area contributed by atoms with Gasteiger partial charge in [-0.1, -0.05) is 12.1 Å². The average Bonchev–Trinajstić information content (AvgIpc) is 3.22. The second kappa shape index (κ2) is 22.5. The maximum atomic E-state index is 13.7. The van der Waals surface area contributed by atoms with E-state index in [0.29, 0.717) is 45.9 Å². The summed E-state index contributed by atoms with van der Waals surface area (Å²) >= 11 is 5.12. The molecule has 1 N–H and O–H groups in total. The average molecular weight is 804 g/mol. The van der Waals surface area contributed by atoms with Gasteiger partial charge in [0, 0.05) is 48.6 Å². The molecule has 16 heteroatoms. The minimum atomic E-state index is -0.498. The molecule has 6 aromatic rings. The lowest BCUT2D eigenvalue weighted by molar-refractivity contribution is 0.0591. The maximum Gasteiger partial charge on any atom is 0.339 e. The molecule has 288 valence electrons. The smallest absolute Gasteiger partial charge is 0.339 e. The highest BCUT2D eigenvalue weighted by Crippen LogP contribution is 2.21. The van der Waals surface area contributed by atoms with Crippen molar-refractivity contribution >= 4 is 58.5 Å². The molecule has 2 aromatic carbocycles. The lowest BCUT2D eigenvalue weighted by Crippen LogP contribution is -2.31. The number of halogens is 4. The van der Waals surface area contributed by atoms with Crippen LogP contribution in [0.2, 0.25) is 0 Å². The summed E-state index contributed by atoms with van der Waals surface area (Å²) in [4.78, 5) is 63.5. The third kappa shape index (κ3) is 13.6. The van der Waals surface area contributed by atoms with Gasteiger partial charge in [-0.25, -0.2) is 18.4 Å². The van der Waals surface area contributed by atoms with Gasteiger partial charge in [-0.2, -0.15) is 0 Å². The van der Waals surface area contributed by atoms with E-state index in [4.69, 9.17) is 11.6 Å². The number of hydrogen-bond donors (Lipinski definition) is 1. The first-order valence-corrected chi connectivity index (χ1v) is 16.6. The zero-order valence-electron chi connectivity index (χ0n) is 29.8. The molecule has 0 aliphatic heterocycles. The van der Waals surface area contributed by atoms with Gasteiger partial charge in [0.2, 0.25) is 0 Å². The van der Waals surface area contributed by atoms with E-state index in [-0.39, 0.29) is 30.7 Å². The second-order valence-electron chi connectivity index (χ2n) is 11.1. The van der Waals surface area contributed by atoms with Crippen molar-refractivity contribution in [3.8, 4) is 0 Å². The van der Waals surface area contributed by atoms with E-state index < -0.39 is 23.0 Å². The molecular weight excluding hydrogens is 769 g/mol. The Morgan fingerprint density at radius 3 is 1.68 bits per heavy atom. The molecule has 4 heterocycles. The van der Waals surface area contributed by atoms with Crippen LogP contribution >= 0.6 is 24.0 Å². The summed E-state index contributed by atoms with van der Waals surface area (Å²) in [6.07, 6.45) is 8.85. The highest BCUT2D eigenvalue weighted by Gasteiger charge is 2.20. The minimum absolute atomic E-state index is 0. The zero-order chi connectivity index (χ0) is 39.6. The van der Waals surface area contributed by atoms with Crippen molar-refractivity contribution in [1.29, 1.82) is 0 Å². The molecule has 4 aromatic heterocycles. The summed E-state index contributed by atoms with van der Waals surface area (Å²) < 4.78 is 35.9. The summed E-state index contributed by atoms with van der Waals surface area (Å²) in [6, 6.07) is 25.0. The molecule has 0 aliphatic rings. The molecule has 0 atom stereocenters. The number of carbonyl (C=O) groups excluding carboxylic acids is 4. The summed E-state index contributed by atoms with van der Waals surface area (Å²) in [6.45, 7) is 0.545. The molecule has 0 bridgehead atoms. The van der Waals surface area contributed by atoms with E-state index in [0.717, 1.165) is 5.69 Å². The molecule has 0 saturated carbocycles. The molecule has 0 aliphatic carbocycles. The summed E-state index contributed by atoms with van der Waals surface area (Å²) in [7, 11) is 2.61. The molecule has 6 rings (SSSR count). The fraction of sp³-hybridized carbons (Fsp3) is 0.100. The normalized spacial score (nSPS) is 9.80. The standard InChI is InChI=1S/C20H16FN3O3.C14H13FN2O2.C6H4ClNO.ClH/c1-27-20(26)15-7-8-17(23-12-15)13-24(18-6-2-5-16(21)10-18)19(25)14-4-3-9-22-11-14;1-19-14(18)10-5-6-13(16-8-10)9-17-12-4-2-3-11(15)7-12;7-6(9)5-2-1-3-8-4-5;/h2-12H,13H2,1H3;2-8,17H,9H2,1H3;1-4H;1H. The van der Waals surface area contributed by atoms with Gasteiger partial charge in [0.1, 0.15) is 11.6 Å². The number of hydrogen-bond acceptors (Lipinski definition) is 11. The van der Waals surface area contributed by atoms with Gasteiger partial charge in [0.15, 0.2) is 0 Å². The highest BCUT2D eigenvalue weighted by atomic mass is 35.5. The Bertz CT molecular complexity index is 2190. The third-order valence-corrected chi connectivity index (χ3v) is 7.49. The number of rotatable bonds is 10. The topological polar surface area (TPSA) is 154 Å². The summed E-state index contributed by atoms with van der Waals surface area (Å²) in [5, 5.41) is 2.58. The van der Waals surface area contributed by atoms with E-state index in [1.165, 1.54) is 74.2 Å². The minimum Gasteiger partial charge on any atom is -0.465 e. The number of nitrogens with zero attached hydrogens (tertiary/aromatic N) is 5. The van der Waals surface area contributed by atoms with Crippen molar-refractivity contribution in [2.75, 3.05) is 24.4 Å². The lowest BCUT2D eigenvalue weighted by Gasteiger charge is -2.22. The number of carbonyl (C=O) groups is 4. The molecule has 0 unspecified atom stereocenters. The molecule has 12 nitrogen and oxygen atoms in total. The number of anilines is 2. The number of aromatic nitrogens is 4. The van der Waals surface area contributed by atoms with Crippen LogP contribution < -0.4 is 10.2 Å². The Balaban J connectivity index is 0.000000251. The predicted molar refractivity (Wildman–Crippen MR) is 208 cm³/mol. The Hall–Kier alpha value is -6.64. The van der Waals surface area contributed by atoms with Crippen molar-refractivity contribution in [1.82, 2.24) is 19.9 Å². The number of benzene rings is 2. The molecule has 0 saturated heterocycles. The third-order valence-electron chi connectivity index (χ3n) is 7.27. The number of nitrogens with one attached hydrogen (secondary N) is 1. The molecule has 0 fully saturated rings. The number of esters is 2. The van der Waals surface area contributed by atoms with Gasteiger partial charge in [0.05, 0.1) is 61.0 Å². The van der Waals surface area contributed by atoms with Crippen molar-refractivity contribution in [2.45, 2.75) is 13.1 Å². The molecule has 1 amide bonds. The molecule has 0 radical (unpaired) electrons. The first-order valence-electron chi connectivity index (χ1n) is 16.2. The van der Waals surface area contributed by atoms with Crippen molar-refractivity contribution < 1.29 is 37.4 Å². The first-order chi connectivity index (χ1) is 26.6. The first kappa shape index (κ1) is 43.8. The van der Waals surface area contributed by atoms with Gasteiger partial charge in [-0.05, 0) is 96.5 Å². The van der Waals surface area contributed by atoms with E-state index in [1.807, 2.05) is 0 Å². The predicted octanol–water partition coefficient (Wildman–Crippen LogP) is 7.75. The highest BCUT2D eigenvalue weighted by molar-refractivity contribution is 6.67. The van der Waals surface area contributed by atoms with Crippen molar-refractivity contribution in [3.63, 3.8) is 0 Å². The zero-order valence-corrected chi connectivity index (χ0v) is 31.4. The maximum absolute atomic E-state index is 13.7. The Morgan fingerprint density at radius 1 is 0.661 bits per heavy atom. The van der Waals surface area contributed by atoms with E-state index in [9.17, 15) is 28.0 Å². The molecular formula is C40H34Cl2F2N6O6. The molecule has 56 heavy (non-hydrogen) atoms. The largest absolute Gasteiger partial charge is 0.465 e. The van der Waals surface area contributed by atoms with Crippen LogP contribution in [0.3, 0.4) is 0 Å². The fourth-order valence-corrected chi connectivity index (χ4v) is 4.64. The van der Waals surface area contributed by atoms with E-state index >= 15 is 0 Å². The van der Waals surface area contributed by atoms with Crippen LogP contribution in [-0.4, -0.2) is 57.2 Å². The SMILES string of the molecule is COC(=O)c1ccc(CN(C(=O)c2cccnc2)c2cccc(F)c2)nc1.COC(=O)c1ccc(CNc2cccc(F)c2)nc1.Cl.O=C(Cl)c1cccnc1. The van der Waals surface area contributed by atoms with Crippen LogP contribution in [-0.2, 0) is 22.6 Å². The van der Waals surface area contributed by atoms with Gasteiger partial charge >= 0.3 is 11.9 Å². The van der Waals surface area contributed by atoms with Gasteiger partial charge in [-0.15, -0.1) is 12.4 Å². The van der Waals surface area contributed by atoms with E-state index in [2.05, 4.69) is 34.7 Å². The number of methoxy groups -OCH3 is 2. The number of ether oxygens (including phenoxy) is 2. The van der Waals surface area contributed by atoms with Crippen LogP contribution in [0, 0.1) is 11.6 Å². The summed E-state index contributed by atoms with van der Waals surface area (Å²) in [5.74, 6) is -2.00. The van der Waals surface area contributed by atoms with Crippen LogP contribution in [0.4, 0.5) is 20.2 Å². The van der Waals surface area contributed by atoms with E-state index in [1.54, 1.807) is 79.1 Å². The van der Waals surface area contributed by atoms with Crippen LogP contribution in [0.25, 0.3) is 0 Å². The Labute approximate surface area is 331 Å². The van der Waals surface area contributed by atoms with Gasteiger partial charge in [-0.3, -0.25) is 29.5 Å². The number of amides is 1.